The van der Waals surface area contributed by atoms with Crippen molar-refractivity contribution in [2.45, 2.75) is 38.6 Å². The topological polar surface area (TPSA) is 40.1 Å². The van der Waals surface area contributed by atoms with Crippen molar-refractivity contribution < 1.29 is 9.13 Å². The van der Waals surface area contributed by atoms with Gasteiger partial charge in [-0.05, 0) is 31.0 Å². The second-order valence-corrected chi connectivity index (χ2v) is 8.10. The Labute approximate surface area is 162 Å². The highest BCUT2D eigenvalue weighted by Gasteiger charge is 2.30. The van der Waals surface area contributed by atoms with Crippen LogP contribution in [0.5, 0.6) is 0 Å². The summed E-state index contributed by atoms with van der Waals surface area (Å²) in [4.78, 5) is 9.83. The Hall–Kier alpha value is -1.66. The average Bonchev–Trinajstić information content (AvgIpc) is 3.16. The van der Waals surface area contributed by atoms with Crippen LogP contribution in [0.1, 0.15) is 32.8 Å². The number of halogens is 1. The maximum absolute atomic E-state index is 13.6. The number of hydrogen-bond acceptors (Lipinski definition) is 3. The first kappa shape index (κ1) is 20.1. The molecule has 0 spiro atoms. The van der Waals surface area contributed by atoms with Crippen LogP contribution in [0.3, 0.4) is 0 Å². The summed E-state index contributed by atoms with van der Waals surface area (Å²) in [7, 11) is 0. The summed E-state index contributed by atoms with van der Waals surface area (Å²) in [6.45, 7) is 13.6. The summed E-state index contributed by atoms with van der Waals surface area (Å²) in [6.07, 6.45) is 1.16. The lowest BCUT2D eigenvalue weighted by molar-refractivity contribution is 0.0195. The van der Waals surface area contributed by atoms with Crippen LogP contribution in [-0.2, 0) is 10.2 Å². The summed E-state index contributed by atoms with van der Waals surface area (Å²) in [6, 6.07) is 7.44. The van der Waals surface area contributed by atoms with Gasteiger partial charge in [0.2, 0.25) is 0 Å². The monoisotopic (exact) mass is 376 g/mol. The van der Waals surface area contributed by atoms with Crippen molar-refractivity contribution in [3.05, 3.63) is 35.6 Å². The Balaban J connectivity index is 1.66. The maximum Gasteiger partial charge on any atom is 0.193 e. The summed E-state index contributed by atoms with van der Waals surface area (Å²) in [5.74, 6) is 0.780. The van der Waals surface area contributed by atoms with Gasteiger partial charge in [0.05, 0.1) is 19.8 Å². The van der Waals surface area contributed by atoms with Crippen LogP contribution in [0.25, 0.3) is 0 Å². The number of benzene rings is 1. The smallest absolute Gasteiger partial charge is 0.193 e. The molecule has 0 saturated carbocycles. The highest BCUT2D eigenvalue weighted by molar-refractivity contribution is 5.80. The van der Waals surface area contributed by atoms with Crippen LogP contribution in [0.2, 0.25) is 0 Å². The number of aliphatic imine (C=N–C) groups is 1. The molecule has 1 N–H and O–H groups in total. The number of rotatable bonds is 5. The fourth-order valence-electron chi connectivity index (χ4n) is 3.87. The molecule has 2 aliphatic heterocycles. The molecule has 0 aliphatic carbocycles. The lowest BCUT2D eigenvalue weighted by Crippen LogP contribution is -2.47. The first-order valence-electron chi connectivity index (χ1n) is 10.1. The molecule has 1 aromatic rings. The Kier molecular flexibility index (Phi) is 6.71. The fourth-order valence-corrected chi connectivity index (χ4v) is 3.87. The van der Waals surface area contributed by atoms with E-state index in [1.54, 1.807) is 12.1 Å². The normalized spacial score (nSPS) is 22.3. The van der Waals surface area contributed by atoms with Crippen LogP contribution < -0.4 is 5.32 Å². The minimum atomic E-state index is -0.216. The molecule has 2 aliphatic rings. The molecule has 3 rings (SSSR count). The summed E-state index contributed by atoms with van der Waals surface area (Å²) < 4.78 is 19.1. The zero-order valence-corrected chi connectivity index (χ0v) is 16.9. The highest BCUT2D eigenvalue weighted by Crippen LogP contribution is 2.24. The van der Waals surface area contributed by atoms with Crippen molar-refractivity contribution in [2.24, 2.45) is 4.99 Å². The lowest BCUT2D eigenvalue weighted by atomic mass is 9.85. The molecule has 0 aromatic heterocycles. The summed E-state index contributed by atoms with van der Waals surface area (Å²) >= 11 is 0. The molecule has 2 saturated heterocycles. The van der Waals surface area contributed by atoms with Gasteiger partial charge in [-0.3, -0.25) is 9.89 Å². The third-order valence-electron chi connectivity index (χ3n) is 5.59. The molecule has 1 unspecified atom stereocenters. The number of morpholine rings is 1. The first-order chi connectivity index (χ1) is 13.0. The van der Waals surface area contributed by atoms with E-state index in [-0.39, 0.29) is 11.2 Å². The van der Waals surface area contributed by atoms with Crippen LogP contribution in [0, 0.1) is 5.82 Å². The van der Waals surface area contributed by atoms with Gasteiger partial charge in [-0.1, -0.05) is 26.0 Å². The van der Waals surface area contributed by atoms with Gasteiger partial charge < -0.3 is 15.0 Å². The number of nitrogens with one attached hydrogen (secondary N) is 1. The minimum Gasteiger partial charge on any atom is -0.379 e. The molecule has 0 amide bonds. The zero-order valence-electron chi connectivity index (χ0n) is 16.9. The van der Waals surface area contributed by atoms with E-state index in [2.05, 4.69) is 35.9 Å². The second kappa shape index (κ2) is 9.02. The molecular weight excluding hydrogens is 343 g/mol. The van der Waals surface area contributed by atoms with Crippen molar-refractivity contribution >= 4 is 5.96 Å². The summed E-state index contributed by atoms with van der Waals surface area (Å²) in [5.41, 5.74) is 0.765. The van der Waals surface area contributed by atoms with Crippen LogP contribution in [-0.4, -0.2) is 74.3 Å². The minimum absolute atomic E-state index is 0.190. The fraction of sp³-hybridized carbons (Fsp3) is 0.667. The van der Waals surface area contributed by atoms with Gasteiger partial charge >= 0.3 is 0 Å². The maximum atomic E-state index is 13.6. The quantitative estimate of drug-likeness (QED) is 0.633. The van der Waals surface area contributed by atoms with Crippen molar-refractivity contribution in [3.8, 4) is 0 Å². The van der Waals surface area contributed by atoms with E-state index < -0.39 is 0 Å². The third kappa shape index (κ3) is 5.20. The Morgan fingerprint density at radius 2 is 2.07 bits per heavy atom. The van der Waals surface area contributed by atoms with Gasteiger partial charge in [0.1, 0.15) is 5.82 Å². The van der Waals surface area contributed by atoms with Crippen molar-refractivity contribution in [1.82, 2.24) is 15.1 Å². The van der Waals surface area contributed by atoms with Crippen LogP contribution in [0.4, 0.5) is 4.39 Å². The molecule has 2 heterocycles. The number of hydrogen-bond donors (Lipinski definition) is 1. The standard InChI is InChI=1S/C21H33FN4O/c1-4-23-20(24-16-21(2,3)17-6-5-7-18(22)14-17)26-9-8-19(15-26)25-10-12-27-13-11-25/h5-7,14,19H,4,8-13,15-16H2,1-3H3,(H,23,24). The Morgan fingerprint density at radius 3 is 2.78 bits per heavy atom. The molecule has 150 valence electrons. The number of ether oxygens (including phenoxy) is 1. The molecule has 2 fully saturated rings. The lowest BCUT2D eigenvalue weighted by Gasteiger charge is -2.32. The molecule has 6 heteroatoms. The zero-order chi connectivity index (χ0) is 19.3. The molecule has 5 nitrogen and oxygen atoms in total. The number of likely N-dealkylation sites (tertiary alicyclic amines) is 1. The first-order valence-corrected chi connectivity index (χ1v) is 10.1. The molecular formula is C21H33FN4O. The Morgan fingerprint density at radius 1 is 1.30 bits per heavy atom. The van der Waals surface area contributed by atoms with Gasteiger partial charge in [-0.2, -0.15) is 0 Å². The van der Waals surface area contributed by atoms with Crippen LogP contribution >= 0.6 is 0 Å². The van der Waals surface area contributed by atoms with E-state index in [0.717, 1.165) is 63.9 Å². The van der Waals surface area contributed by atoms with E-state index in [1.165, 1.54) is 6.07 Å². The highest BCUT2D eigenvalue weighted by atomic mass is 19.1. The number of nitrogens with zero attached hydrogens (tertiary/aromatic N) is 3. The van der Waals surface area contributed by atoms with E-state index in [9.17, 15) is 4.39 Å². The average molecular weight is 377 g/mol. The predicted octanol–water partition coefficient (Wildman–Crippen LogP) is 2.48. The van der Waals surface area contributed by atoms with Crippen LogP contribution in [0.15, 0.2) is 29.3 Å². The van der Waals surface area contributed by atoms with Gasteiger partial charge in [0.25, 0.3) is 0 Å². The largest absolute Gasteiger partial charge is 0.379 e. The molecule has 1 atom stereocenters. The summed E-state index contributed by atoms with van der Waals surface area (Å²) in [5, 5.41) is 3.44. The van der Waals surface area contributed by atoms with E-state index in [4.69, 9.17) is 9.73 Å². The molecule has 27 heavy (non-hydrogen) atoms. The van der Waals surface area contributed by atoms with Crippen molar-refractivity contribution in [1.29, 1.82) is 0 Å². The number of guanidine groups is 1. The third-order valence-corrected chi connectivity index (χ3v) is 5.59. The molecule has 1 aromatic carbocycles. The van der Waals surface area contributed by atoms with E-state index >= 15 is 0 Å². The van der Waals surface area contributed by atoms with Gasteiger partial charge in [-0.15, -0.1) is 0 Å². The van der Waals surface area contributed by atoms with Crippen molar-refractivity contribution in [2.75, 3.05) is 52.5 Å². The van der Waals surface area contributed by atoms with Gasteiger partial charge in [0.15, 0.2) is 5.96 Å². The van der Waals surface area contributed by atoms with E-state index in [0.29, 0.717) is 12.6 Å². The Bertz CT molecular complexity index is 643. The van der Waals surface area contributed by atoms with Crippen molar-refractivity contribution in [3.63, 3.8) is 0 Å². The van der Waals surface area contributed by atoms with Gasteiger partial charge in [-0.25, -0.2) is 4.39 Å². The van der Waals surface area contributed by atoms with E-state index in [1.807, 2.05) is 6.07 Å². The van der Waals surface area contributed by atoms with Gasteiger partial charge in [0, 0.05) is 44.2 Å². The molecule has 0 radical (unpaired) electrons. The second-order valence-electron chi connectivity index (χ2n) is 8.10. The predicted molar refractivity (Wildman–Crippen MR) is 108 cm³/mol. The SMILES string of the molecule is CCNC(=NCC(C)(C)c1cccc(F)c1)N1CCC(N2CCOCC2)C1. The molecule has 0 bridgehead atoms.